The first-order chi connectivity index (χ1) is 10.2. The molecule has 3 fully saturated rings. The van der Waals surface area contributed by atoms with Gasteiger partial charge in [0.1, 0.15) is 5.82 Å². The van der Waals surface area contributed by atoms with Crippen LogP contribution in [0, 0.1) is 11.7 Å². The van der Waals surface area contributed by atoms with Crippen LogP contribution in [-0.4, -0.2) is 24.0 Å². The smallest absolute Gasteiger partial charge is 0.223 e. The van der Waals surface area contributed by atoms with Gasteiger partial charge in [-0.25, -0.2) is 4.39 Å². The molecule has 4 rings (SSSR count). The molecular formula is C17H21FN2O. The number of carbonyl (C=O) groups is 1. The number of piperidine rings is 1. The molecule has 1 aliphatic carbocycles. The number of nitrogens with one attached hydrogen (secondary N) is 2. The summed E-state index contributed by atoms with van der Waals surface area (Å²) < 4.78 is 12.9. The Bertz CT molecular complexity index is 532. The predicted molar refractivity (Wildman–Crippen MR) is 78.4 cm³/mol. The van der Waals surface area contributed by atoms with Crippen LogP contribution in [0.2, 0.25) is 0 Å². The van der Waals surface area contributed by atoms with Crippen LogP contribution >= 0.6 is 0 Å². The molecule has 2 bridgehead atoms. The minimum absolute atomic E-state index is 0.0861. The Balaban J connectivity index is 1.33. The second-order valence-corrected chi connectivity index (χ2v) is 6.82. The zero-order valence-corrected chi connectivity index (χ0v) is 12.0. The largest absolute Gasteiger partial charge is 0.353 e. The first kappa shape index (κ1) is 13.3. The molecule has 4 unspecified atom stereocenters. The van der Waals surface area contributed by atoms with Crippen molar-refractivity contribution in [3.63, 3.8) is 0 Å². The van der Waals surface area contributed by atoms with Crippen molar-refractivity contribution < 1.29 is 9.18 Å². The van der Waals surface area contributed by atoms with Gasteiger partial charge in [-0.2, -0.15) is 0 Å². The summed E-state index contributed by atoms with van der Waals surface area (Å²) in [6.45, 7) is 0. The van der Waals surface area contributed by atoms with Crippen molar-refractivity contribution in [1.29, 1.82) is 0 Å². The Morgan fingerprint density at radius 3 is 2.43 bits per heavy atom. The van der Waals surface area contributed by atoms with Crippen molar-refractivity contribution >= 4 is 5.91 Å². The molecule has 1 saturated carbocycles. The number of carbonyl (C=O) groups excluding carboxylic acids is 1. The van der Waals surface area contributed by atoms with E-state index in [9.17, 15) is 9.18 Å². The SMILES string of the molecule is O=C(NC1CC2CCC(C1)N2)C1CC1c1ccc(F)cc1. The topological polar surface area (TPSA) is 41.1 Å². The number of hydrogen-bond acceptors (Lipinski definition) is 2. The number of benzene rings is 1. The first-order valence-electron chi connectivity index (χ1n) is 8.01. The van der Waals surface area contributed by atoms with Gasteiger partial charge < -0.3 is 10.6 Å². The van der Waals surface area contributed by atoms with E-state index in [1.54, 1.807) is 12.1 Å². The quantitative estimate of drug-likeness (QED) is 0.896. The molecule has 1 amide bonds. The molecule has 112 valence electrons. The average Bonchev–Trinajstić information content (AvgIpc) is 3.20. The van der Waals surface area contributed by atoms with Crippen LogP contribution in [0.25, 0.3) is 0 Å². The average molecular weight is 288 g/mol. The zero-order valence-electron chi connectivity index (χ0n) is 12.0. The lowest BCUT2D eigenvalue weighted by Gasteiger charge is -2.29. The molecule has 3 nitrogen and oxygen atoms in total. The summed E-state index contributed by atoms with van der Waals surface area (Å²) in [6.07, 6.45) is 5.53. The van der Waals surface area contributed by atoms with E-state index in [2.05, 4.69) is 10.6 Å². The Morgan fingerprint density at radius 1 is 1.10 bits per heavy atom. The highest BCUT2D eigenvalue weighted by Gasteiger charge is 2.45. The maximum absolute atomic E-state index is 12.9. The lowest BCUT2D eigenvalue weighted by Crippen LogP contribution is -2.48. The van der Waals surface area contributed by atoms with E-state index in [4.69, 9.17) is 0 Å². The van der Waals surface area contributed by atoms with E-state index in [-0.39, 0.29) is 23.6 Å². The second-order valence-electron chi connectivity index (χ2n) is 6.82. The number of hydrogen-bond donors (Lipinski definition) is 2. The Labute approximate surface area is 124 Å². The van der Waals surface area contributed by atoms with Gasteiger partial charge >= 0.3 is 0 Å². The summed E-state index contributed by atoms with van der Waals surface area (Å²) in [6, 6.07) is 8.10. The van der Waals surface area contributed by atoms with Gasteiger partial charge in [0.2, 0.25) is 5.91 Å². The Morgan fingerprint density at radius 2 is 1.76 bits per heavy atom. The third-order valence-electron chi connectivity index (χ3n) is 5.24. The van der Waals surface area contributed by atoms with Gasteiger partial charge in [-0.05, 0) is 55.7 Å². The fourth-order valence-electron chi connectivity index (χ4n) is 4.05. The van der Waals surface area contributed by atoms with Crippen LogP contribution in [0.3, 0.4) is 0 Å². The maximum Gasteiger partial charge on any atom is 0.223 e. The highest BCUT2D eigenvalue weighted by atomic mass is 19.1. The summed E-state index contributed by atoms with van der Waals surface area (Å²) in [7, 11) is 0. The van der Waals surface area contributed by atoms with Crippen LogP contribution in [0.15, 0.2) is 24.3 Å². The van der Waals surface area contributed by atoms with Gasteiger partial charge in [0, 0.05) is 24.0 Å². The molecule has 3 aliphatic rings. The fraction of sp³-hybridized carbons (Fsp3) is 0.588. The number of halogens is 1. The molecule has 2 saturated heterocycles. The molecule has 0 radical (unpaired) electrons. The van der Waals surface area contributed by atoms with E-state index in [0.29, 0.717) is 18.1 Å². The predicted octanol–water partition coefficient (Wildman–Crippen LogP) is 2.33. The number of fused-ring (bicyclic) bond motifs is 2. The van der Waals surface area contributed by atoms with E-state index in [1.807, 2.05) is 0 Å². The van der Waals surface area contributed by atoms with Crippen LogP contribution in [0.1, 0.15) is 43.6 Å². The Kier molecular flexibility index (Phi) is 3.21. The van der Waals surface area contributed by atoms with E-state index >= 15 is 0 Å². The summed E-state index contributed by atoms with van der Waals surface area (Å²) in [5, 5.41) is 6.83. The lowest BCUT2D eigenvalue weighted by molar-refractivity contribution is -0.123. The molecule has 1 aromatic rings. The third-order valence-corrected chi connectivity index (χ3v) is 5.24. The molecule has 1 aromatic carbocycles. The normalized spacial score (nSPS) is 37.3. The summed E-state index contributed by atoms with van der Waals surface area (Å²) in [5.74, 6) is 0.341. The maximum atomic E-state index is 12.9. The minimum atomic E-state index is -0.217. The Hall–Kier alpha value is -1.42. The summed E-state index contributed by atoms with van der Waals surface area (Å²) in [4.78, 5) is 12.4. The third kappa shape index (κ3) is 2.69. The molecule has 2 aliphatic heterocycles. The van der Waals surface area contributed by atoms with Crippen LogP contribution in [0.5, 0.6) is 0 Å². The van der Waals surface area contributed by atoms with E-state index < -0.39 is 0 Å². The summed E-state index contributed by atoms with van der Waals surface area (Å²) in [5.41, 5.74) is 1.09. The van der Waals surface area contributed by atoms with Gasteiger partial charge in [0.15, 0.2) is 0 Å². The van der Waals surface area contributed by atoms with Gasteiger partial charge in [-0.15, -0.1) is 0 Å². The zero-order chi connectivity index (χ0) is 14.4. The van der Waals surface area contributed by atoms with Gasteiger partial charge in [0.05, 0.1) is 0 Å². The van der Waals surface area contributed by atoms with Gasteiger partial charge in [0.25, 0.3) is 0 Å². The molecule has 0 spiro atoms. The van der Waals surface area contributed by atoms with Crippen LogP contribution in [-0.2, 0) is 4.79 Å². The molecule has 2 heterocycles. The lowest BCUT2D eigenvalue weighted by atomic mass is 9.99. The van der Waals surface area contributed by atoms with Crippen LogP contribution < -0.4 is 10.6 Å². The standard InChI is InChI=1S/C17H21FN2O/c18-11-3-1-10(2-4-11)15-9-16(15)17(21)20-14-7-12-5-6-13(8-14)19-12/h1-4,12-16,19H,5-9H2,(H,20,21). The highest BCUT2D eigenvalue weighted by Crippen LogP contribution is 2.47. The first-order valence-corrected chi connectivity index (χ1v) is 8.01. The van der Waals surface area contributed by atoms with E-state index in [0.717, 1.165) is 24.8 Å². The van der Waals surface area contributed by atoms with Crippen molar-refractivity contribution in [2.24, 2.45) is 5.92 Å². The monoisotopic (exact) mass is 288 g/mol. The van der Waals surface area contributed by atoms with E-state index in [1.165, 1.54) is 25.0 Å². The molecule has 0 aromatic heterocycles. The van der Waals surface area contributed by atoms with Crippen molar-refractivity contribution in [3.8, 4) is 0 Å². The van der Waals surface area contributed by atoms with Crippen molar-refractivity contribution in [2.45, 2.75) is 56.1 Å². The minimum Gasteiger partial charge on any atom is -0.353 e. The second kappa shape index (κ2) is 5.09. The molecule has 21 heavy (non-hydrogen) atoms. The van der Waals surface area contributed by atoms with Gasteiger partial charge in [-0.3, -0.25) is 4.79 Å². The fourth-order valence-corrected chi connectivity index (χ4v) is 4.05. The number of rotatable bonds is 3. The molecule has 4 atom stereocenters. The molecular weight excluding hydrogens is 267 g/mol. The number of amides is 1. The summed E-state index contributed by atoms with van der Waals surface area (Å²) >= 11 is 0. The van der Waals surface area contributed by atoms with Crippen molar-refractivity contribution in [2.75, 3.05) is 0 Å². The molecule has 2 N–H and O–H groups in total. The van der Waals surface area contributed by atoms with Gasteiger partial charge in [-0.1, -0.05) is 12.1 Å². The van der Waals surface area contributed by atoms with Crippen molar-refractivity contribution in [1.82, 2.24) is 10.6 Å². The molecule has 4 heteroatoms. The highest BCUT2D eigenvalue weighted by molar-refractivity contribution is 5.83. The van der Waals surface area contributed by atoms with Crippen molar-refractivity contribution in [3.05, 3.63) is 35.6 Å². The van der Waals surface area contributed by atoms with Crippen LogP contribution in [0.4, 0.5) is 4.39 Å².